The summed E-state index contributed by atoms with van der Waals surface area (Å²) in [5, 5.41) is 118. The summed E-state index contributed by atoms with van der Waals surface area (Å²) in [4.78, 5) is 36.2. The molecule has 3 rings (SSSR count). The summed E-state index contributed by atoms with van der Waals surface area (Å²) in [6, 6.07) is -3.08. The highest BCUT2D eigenvalue weighted by atomic mass is 16.8. The third-order valence-corrected chi connectivity index (χ3v) is 7.87. The van der Waals surface area contributed by atoms with Crippen LogP contribution in [0.5, 0.6) is 0 Å². The molecule has 3 aliphatic rings. The maximum Gasteiger partial charge on any atom is 0.364 e. The Morgan fingerprint density at radius 3 is 1.91 bits per heavy atom. The van der Waals surface area contributed by atoms with Gasteiger partial charge in [0.2, 0.25) is 11.8 Å². The van der Waals surface area contributed by atoms with Crippen molar-refractivity contribution in [3.63, 3.8) is 0 Å². The van der Waals surface area contributed by atoms with Gasteiger partial charge < -0.3 is 90.5 Å². The van der Waals surface area contributed by atoms with Crippen LogP contribution >= 0.6 is 0 Å². The van der Waals surface area contributed by atoms with E-state index in [9.17, 15) is 70.6 Å². The zero-order valence-corrected chi connectivity index (χ0v) is 24.7. The van der Waals surface area contributed by atoms with Gasteiger partial charge in [-0.2, -0.15) is 0 Å². The highest BCUT2D eigenvalue weighted by Crippen LogP contribution is 2.38. The monoisotopic (exact) mass is 674 g/mol. The number of amides is 2. The van der Waals surface area contributed by atoms with Crippen LogP contribution in [0.2, 0.25) is 0 Å². The lowest BCUT2D eigenvalue weighted by molar-refractivity contribution is -0.380. The number of carbonyl (C=O) groups excluding carboxylic acids is 2. The van der Waals surface area contributed by atoms with Gasteiger partial charge in [0, 0.05) is 20.3 Å². The van der Waals surface area contributed by atoms with E-state index in [0.29, 0.717) is 0 Å². The number of ether oxygens (including phenoxy) is 5. The first-order valence-electron chi connectivity index (χ1n) is 14.2. The van der Waals surface area contributed by atoms with E-state index in [0.717, 1.165) is 13.8 Å². The molecule has 46 heavy (non-hydrogen) atoms. The molecule has 3 fully saturated rings. The van der Waals surface area contributed by atoms with E-state index in [2.05, 4.69) is 10.6 Å². The maximum absolute atomic E-state index is 12.6. The van der Waals surface area contributed by atoms with Crippen LogP contribution < -0.4 is 10.6 Å². The summed E-state index contributed by atoms with van der Waals surface area (Å²) in [6.07, 6.45) is -25.8. The van der Waals surface area contributed by atoms with E-state index in [1.165, 1.54) is 0 Å². The summed E-state index contributed by atoms with van der Waals surface area (Å²) >= 11 is 0. The van der Waals surface area contributed by atoms with Gasteiger partial charge in [-0.05, 0) is 0 Å². The van der Waals surface area contributed by atoms with Crippen LogP contribution in [0.15, 0.2) is 0 Å². The van der Waals surface area contributed by atoms with E-state index in [4.69, 9.17) is 23.7 Å². The fraction of sp³-hybridized carbons (Fsp3) is 0.880. The van der Waals surface area contributed by atoms with Crippen LogP contribution in [0.25, 0.3) is 0 Å². The van der Waals surface area contributed by atoms with Gasteiger partial charge >= 0.3 is 5.97 Å². The molecule has 0 spiro atoms. The van der Waals surface area contributed by atoms with Crippen LogP contribution in [-0.4, -0.2) is 191 Å². The standard InChI is InChI=1S/C25H42N2O19/c1-7(31)26-13-9(33)3-25(24(40)41,45-20(13)15(35)10(34)4-28)46-21-17(37)12(6-30)43-23(18(21)38)44-19-14(27-8(2)32)22(39)42-11(5-29)16(19)36/h9-23,28-30,33-39H,3-6H2,1-2H3,(H,26,31)(H,27,32)(H,40,41)/t9-,10+,11?,12?,13+,14?,15+,16?,17?,18?,19?,20+,21?,22?,23?,25-/m0/s1. The van der Waals surface area contributed by atoms with Crippen LogP contribution in [0.1, 0.15) is 20.3 Å². The molecule has 13 N–H and O–H groups in total. The smallest absolute Gasteiger partial charge is 0.364 e. The molecule has 0 aromatic heterocycles. The number of aliphatic carboxylic acids is 1. The molecule has 10 unspecified atom stereocenters. The third kappa shape index (κ3) is 8.08. The molecule has 0 saturated carbocycles. The number of rotatable bonds is 12. The van der Waals surface area contributed by atoms with Gasteiger partial charge in [0.1, 0.15) is 67.1 Å². The quantitative estimate of drug-likeness (QED) is 0.0913. The lowest BCUT2D eigenvalue weighted by Gasteiger charge is -2.50. The molecule has 0 aromatic carbocycles. The van der Waals surface area contributed by atoms with Gasteiger partial charge in [-0.1, -0.05) is 0 Å². The van der Waals surface area contributed by atoms with Crippen molar-refractivity contribution in [2.75, 3.05) is 19.8 Å². The molecule has 3 aliphatic heterocycles. The summed E-state index contributed by atoms with van der Waals surface area (Å²) in [7, 11) is 0. The summed E-state index contributed by atoms with van der Waals surface area (Å²) in [5.41, 5.74) is 0. The second-order valence-electron chi connectivity index (χ2n) is 11.2. The third-order valence-electron chi connectivity index (χ3n) is 7.87. The number of nitrogens with one attached hydrogen (secondary N) is 2. The average molecular weight is 675 g/mol. The first-order valence-corrected chi connectivity index (χ1v) is 14.2. The van der Waals surface area contributed by atoms with Crippen molar-refractivity contribution in [1.29, 1.82) is 0 Å². The Kier molecular flexibility index (Phi) is 13.1. The summed E-state index contributed by atoms with van der Waals surface area (Å²) in [5.74, 6) is -6.50. The second kappa shape index (κ2) is 15.8. The van der Waals surface area contributed by atoms with Crippen LogP contribution in [0.4, 0.5) is 0 Å². The number of aliphatic hydroxyl groups is 10. The fourth-order valence-electron chi connectivity index (χ4n) is 5.56. The Labute approximate surface area is 260 Å². The summed E-state index contributed by atoms with van der Waals surface area (Å²) in [6.45, 7) is -0.777. The Hall–Kier alpha value is -2.19. The van der Waals surface area contributed by atoms with Crippen molar-refractivity contribution in [3.05, 3.63) is 0 Å². The van der Waals surface area contributed by atoms with Gasteiger partial charge in [-0.3, -0.25) is 9.59 Å². The Bertz CT molecular complexity index is 1050. The predicted molar refractivity (Wildman–Crippen MR) is 142 cm³/mol. The molecular formula is C25H42N2O19. The van der Waals surface area contributed by atoms with Crippen LogP contribution in [0.3, 0.4) is 0 Å². The Balaban J connectivity index is 1.98. The Morgan fingerprint density at radius 2 is 1.39 bits per heavy atom. The highest BCUT2D eigenvalue weighted by Gasteiger charge is 2.60. The van der Waals surface area contributed by atoms with Gasteiger partial charge in [0.25, 0.3) is 5.79 Å². The molecule has 16 atom stereocenters. The first kappa shape index (κ1) is 38.3. The van der Waals surface area contributed by atoms with Crippen molar-refractivity contribution in [2.24, 2.45) is 0 Å². The number of aliphatic hydroxyl groups excluding tert-OH is 10. The van der Waals surface area contributed by atoms with Crippen molar-refractivity contribution < 1.29 is 94.2 Å². The first-order chi connectivity index (χ1) is 21.5. The van der Waals surface area contributed by atoms with Crippen molar-refractivity contribution in [2.45, 2.75) is 118 Å². The van der Waals surface area contributed by atoms with E-state index >= 15 is 0 Å². The minimum absolute atomic E-state index is 0.720. The normalized spacial score (nSPS) is 42.9. The SMILES string of the molecule is CC(=O)NC1C(O)OC(CO)C(O)C1OC1OC(CO)C(O)C(O[C@]2(C(=O)O)C[C@H](O)[C@@H](NC(C)=O)[C@H]([C@H](O)[C@H](O)CO)O2)C1O. The van der Waals surface area contributed by atoms with Crippen molar-refractivity contribution >= 4 is 17.8 Å². The fourth-order valence-corrected chi connectivity index (χ4v) is 5.56. The molecule has 21 nitrogen and oxygen atoms in total. The Morgan fingerprint density at radius 1 is 0.848 bits per heavy atom. The molecule has 3 saturated heterocycles. The molecule has 21 heteroatoms. The van der Waals surface area contributed by atoms with Gasteiger partial charge in [-0.25, -0.2) is 4.79 Å². The molecule has 0 aromatic rings. The molecule has 266 valence electrons. The summed E-state index contributed by atoms with van der Waals surface area (Å²) < 4.78 is 27.3. The van der Waals surface area contributed by atoms with E-state index in [1.54, 1.807) is 0 Å². The zero-order valence-electron chi connectivity index (χ0n) is 24.7. The van der Waals surface area contributed by atoms with Gasteiger partial charge in [0.15, 0.2) is 12.6 Å². The molecule has 0 aliphatic carbocycles. The second-order valence-corrected chi connectivity index (χ2v) is 11.2. The number of carboxylic acid groups (broad SMARTS) is 1. The molecular weight excluding hydrogens is 632 g/mol. The molecule has 3 heterocycles. The maximum atomic E-state index is 12.6. The number of carbonyl (C=O) groups is 3. The largest absolute Gasteiger partial charge is 0.477 e. The average Bonchev–Trinajstić information content (AvgIpc) is 2.99. The minimum atomic E-state index is -3.04. The zero-order chi connectivity index (χ0) is 34.7. The lowest BCUT2D eigenvalue weighted by atomic mass is 9.88. The van der Waals surface area contributed by atoms with E-state index in [-0.39, 0.29) is 0 Å². The van der Waals surface area contributed by atoms with E-state index < -0.39 is 142 Å². The number of hydrogen-bond acceptors (Lipinski definition) is 18. The number of hydrogen-bond donors (Lipinski definition) is 13. The van der Waals surface area contributed by atoms with Gasteiger partial charge in [-0.15, -0.1) is 0 Å². The van der Waals surface area contributed by atoms with Gasteiger partial charge in [0.05, 0.1) is 32.0 Å². The highest BCUT2D eigenvalue weighted by molar-refractivity contribution is 5.76. The van der Waals surface area contributed by atoms with Crippen LogP contribution in [0, 0.1) is 0 Å². The topological polar surface area (TPSA) is 344 Å². The molecule has 0 radical (unpaired) electrons. The predicted octanol–water partition coefficient (Wildman–Crippen LogP) is -8.08. The lowest BCUT2D eigenvalue weighted by Crippen LogP contribution is -2.71. The van der Waals surface area contributed by atoms with Crippen molar-refractivity contribution in [1.82, 2.24) is 10.6 Å². The molecule has 0 bridgehead atoms. The number of carboxylic acids is 1. The van der Waals surface area contributed by atoms with Crippen LogP contribution in [-0.2, 0) is 38.1 Å². The van der Waals surface area contributed by atoms with E-state index in [1.807, 2.05) is 0 Å². The van der Waals surface area contributed by atoms with Crippen molar-refractivity contribution in [3.8, 4) is 0 Å². The minimum Gasteiger partial charge on any atom is -0.477 e. The molecule has 2 amide bonds.